The lowest BCUT2D eigenvalue weighted by molar-refractivity contribution is 0.415. The van der Waals surface area contributed by atoms with E-state index < -0.39 is 0 Å². The summed E-state index contributed by atoms with van der Waals surface area (Å²) in [5, 5.41) is 1.99. The van der Waals surface area contributed by atoms with Gasteiger partial charge in [-0.3, -0.25) is 0 Å². The Balaban J connectivity index is 2.05. The van der Waals surface area contributed by atoms with E-state index in [1.54, 1.807) is 13.2 Å². The van der Waals surface area contributed by atoms with Crippen LogP contribution in [0.1, 0.15) is 11.3 Å². The molecule has 0 atom stereocenters. The molecular weight excluding hydrogens is 302 g/mol. The van der Waals surface area contributed by atoms with E-state index >= 15 is 0 Å². The summed E-state index contributed by atoms with van der Waals surface area (Å²) in [5.41, 5.74) is 5.39. The van der Waals surface area contributed by atoms with Crippen molar-refractivity contribution in [2.24, 2.45) is 0 Å². The van der Waals surface area contributed by atoms with Crippen molar-refractivity contribution in [3.05, 3.63) is 64.1 Å². The van der Waals surface area contributed by atoms with Gasteiger partial charge in [0.05, 0.1) is 7.11 Å². The minimum atomic E-state index is -0.349. The fraction of sp³-hybridized carbons (Fsp3) is 0.150. The molecule has 0 saturated carbocycles. The van der Waals surface area contributed by atoms with Crippen molar-refractivity contribution in [1.82, 2.24) is 4.98 Å². The van der Waals surface area contributed by atoms with Crippen molar-refractivity contribution in [1.29, 1.82) is 0 Å². The van der Waals surface area contributed by atoms with Crippen molar-refractivity contribution in [3.8, 4) is 16.9 Å². The van der Waals surface area contributed by atoms with Crippen LogP contribution >= 0.6 is 0 Å². The third-order valence-electron chi connectivity index (χ3n) is 4.57. The van der Waals surface area contributed by atoms with Crippen LogP contribution in [0.15, 0.2) is 51.7 Å². The Labute approximate surface area is 138 Å². The summed E-state index contributed by atoms with van der Waals surface area (Å²) in [6, 6.07) is 13.2. The van der Waals surface area contributed by atoms with Crippen molar-refractivity contribution >= 4 is 21.9 Å². The van der Waals surface area contributed by atoms with Crippen LogP contribution in [-0.4, -0.2) is 12.1 Å². The fourth-order valence-corrected chi connectivity index (χ4v) is 3.13. The molecule has 0 amide bonds. The Morgan fingerprint density at radius 3 is 2.46 bits per heavy atom. The van der Waals surface area contributed by atoms with Gasteiger partial charge >= 0.3 is 5.63 Å². The van der Waals surface area contributed by atoms with Crippen LogP contribution in [0.2, 0.25) is 0 Å². The summed E-state index contributed by atoms with van der Waals surface area (Å²) in [7, 11) is 1.63. The van der Waals surface area contributed by atoms with Crippen LogP contribution in [-0.2, 0) is 0 Å². The number of benzene rings is 2. The number of ether oxygens (including phenoxy) is 1. The molecule has 0 bridgehead atoms. The monoisotopic (exact) mass is 319 g/mol. The van der Waals surface area contributed by atoms with E-state index in [4.69, 9.17) is 9.15 Å². The van der Waals surface area contributed by atoms with Gasteiger partial charge in [0.15, 0.2) is 0 Å². The molecule has 2 aromatic carbocycles. The number of aromatic nitrogens is 1. The molecule has 0 spiro atoms. The summed E-state index contributed by atoms with van der Waals surface area (Å²) in [4.78, 5) is 15.4. The average molecular weight is 319 g/mol. The minimum absolute atomic E-state index is 0.349. The first kappa shape index (κ1) is 14.6. The summed E-state index contributed by atoms with van der Waals surface area (Å²) in [6.07, 6.45) is 0. The molecule has 4 heteroatoms. The molecule has 0 saturated heterocycles. The number of H-pyrrole nitrogens is 1. The number of aromatic amines is 1. The average Bonchev–Trinajstić information content (AvgIpc) is 2.86. The highest BCUT2D eigenvalue weighted by Gasteiger charge is 2.12. The SMILES string of the molecule is COc1ccc(-c2cc(=O)oc3cc4c(C)c(C)[nH]c4cc23)cc1. The minimum Gasteiger partial charge on any atom is -0.497 e. The van der Waals surface area contributed by atoms with Gasteiger partial charge in [-0.25, -0.2) is 4.79 Å². The highest BCUT2D eigenvalue weighted by atomic mass is 16.5. The Hall–Kier alpha value is -3.01. The summed E-state index contributed by atoms with van der Waals surface area (Å²) in [6.45, 7) is 4.10. The lowest BCUT2D eigenvalue weighted by Crippen LogP contribution is -1.98. The zero-order valence-electron chi connectivity index (χ0n) is 13.8. The van der Waals surface area contributed by atoms with Crippen LogP contribution in [0.5, 0.6) is 5.75 Å². The maximum absolute atomic E-state index is 12.0. The lowest BCUT2D eigenvalue weighted by Gasteiger charge is -2.07. The summed E-state index contributed by atoms with van der Waals surface area (Å²) in [5.74, 6) is 0.782. The van der Waals surface area contributed by atoms with Gasteiger partial charge in [-0.2, -0.15) is 0 Å². The first-order valence-corrected chi connectivity index (χ1v) is 7.78. The van der Waals surface area contributed by atoms with Crippen LogP contribution in [0.25, 0.3) is 33.0 Å². The number of nitrogens with one attached hydrogen (secondary N) is 1. The van der Waals surface area contributed by atoms with E-state index in [9.17, 15) is 4.79 Å². The van der Waals surface area contributed by atoms with E-state index in [0.717, 1.165) is 38.9 Å². The molecular formula is C20H17NO3. The topological polar surface area (TPSA) is 55.2 Å². The molecule has 0 radical (unpaired) electrons. The fourth-order valence-electron chi connectivity index (χ4n) is 3.13. The molecule has 120 valence electrons. The molecule has 2 heterocycles. The smallest absolute Gasteiger partial charge is 0.336 e. The number of hydrogen-bond donors (Lipinski definition) is 1. The summed E-state index contributed by atoms with van der Waals surface area (Å²) >= 11 is 0. The predicted octanol–water partition coefficient (Wildman–Crippen LogP) is 4.57. The molecule has 4 rings (SSSR count). The second kappa shape index (κ2) is 5.27. The standard InChI is InChI=1S/C20H17NO3/c1-11-12(2)21-18-8-17-16(13-4-6-14(23-3)7-5-13)10-20(22)24-19(17)9-15(11)18/h4-10,21H,1-3H3. The van der Waals surface area contributed by atoms with Crippen LogP contribution in [0, 0.1) is 13.8 Å². The van der Waals surface area contributed by atoms with Gasteiger partial charge in [0.1, 0.15) is 11.3 Å². The first-order chi connectivity index (χ1) is 11.6. The molecule has 0 fully saturated rings. The Morgan fingerprint density at radius 1 is 1.00 bits per heavy atom. The molecule has 4 aromatic rings. The van der Waals surface area contributed by atoms with Gasteiger partial charge in [-0.15, -0.1) is 0 Å². The van der Waals surface area contributed by atoms with Crippen LogP contribution in [0.4, 0.5) is 0 Å². The van der Waals surface area contributed by atoms with E-state index in [1.807, 2.05) is 43.3 Å². The largest absolute Gasteiger partial charge is 0.497 e. The van der Waals surface area contributed by atoms with Gasteiger partial charge in [0, 0.05) is 28.0 Å². The van der Waals surface area contributed by atoms with Gasteiger partial charge in [-0.1, -0.05) is 12.1 Å². The van der Waals surface area contributed by atoms with Gasteiger partial charge in [0.2, 0.25) is 0 Å². The Bertz CT molecular complexity index is 1120. The first-order valence-electron chi connectivity index (χ1n) is 7.78. The maximum Gasteiger partial charge on any atom is 0.336 e. The number of hydrogen-bond acceptors (Lipinski definition) is 3. The number of aryl methyl sites for hydroxylation is 2. The van der Waals surface area contributed by atoms with E-state index in [0.29, 0.717) is 5.58 Å². The van der Waals surface area contributed by atoms with E-state index in [1.165, 1.54) is 5.56 Å². The van der Waals surface area contributed by atoms with Crippen molar-refractivity contribution < 1.29 is 9.15 Å². The van der Waals surface area contributed by atoms with E-state index in [2.05, 4.69) is 11.9 Å². The van der Waals surface area contributed by atoms with Crippen molar-refractivity contribution in [2.45, 2.75) is 13.8 Å². The second-order valence-corrected chi connectivity index (χ2v) is 5.98. The molecule has 0 aliphatic rings. The molecule has 0 aliphatic heterocycles. The molecule has 2 aromatic heterocycles. The molecule has 0 unspecified atom stereocenters. The third-order valence-corrected chi connectivity index (χ3v) is 4.57. The maximum atomic E-state index is 12.0. The summed E-state index contributed by atoms with van der Waals surface area (Å²) < 4.78 is 10.7. The molecule has 1 N–H and O–H groups in total. The number of methoxy groups -OCH3 is 1. The lowest BCUT2D eigenvalue weighted by atomic mass is 10.0. The van der Waals surface area contributed by atoms with Crippen molar-refractivity contribution in [2.75, 3.05) is 7.11 Å². The van der Waals surface area contributed by atoms with Crippen molar-refractivity contribution in [3.63, 3.8) is 0 Å². The van der Waals surface area contributed by atoms with Crippen LogP contribution < -0.4 is 10.4 Å². The third kappa shape index (κ3) is 2.19. The second-order valence-electron chi connectivity index (χ2n) is 5.98. The highest BCUT2D eigenvalue weighted by Crippen LogP contribution is 2.33. The van der Waals surface area contributed by atoms with Gasteiger partial charge < -0.3 is 14.1 Å². The molecule has 0 aliphatic carbocycles. The molecule has 24 heavy (non-hydrogen) atoms. The van der Waals surface area contributed by atoms with Gasteiger partial charge in [0.25, 0.3) is 0 Å². The number of fused-ring (bicyclic) bond motifs is 2. The zero-order chi connectivity index (χ0) is 16.8. The van der Waals surface area contributed by atoms with Crippen LogP contribution in [0.3, 0.4) is 0 Å². The quantitative estimate of drug-likeness (QED) is 0.551. The Morgan fingerprint density at radius 2 is 1.75 bits per heavy atom. The Kier molecular flexibility index (Phi) is 3.20. The molecule has 4 nitrogen and oxygen atoms in total. The highest BCUT2D eigenvalue weighted by molar-refractivity contribution is 6.02. The zero-order valence-corrected chi connectivity index (χ0v) is 13.8. The number of rotatable bonds is 2. The normalized spacial score (nSPS) is 11.3. The predicted molar refractivity (Wildman–Crippen MR) is 95.8 cm³/mol. The van der Waals surface area contributed by atoms with Gasteiger partial charge in [-0.05, 0) is 54.8 Å². The van der Waals surface area contributed by atoms with E-state index in [-0.39, 0.29) is 5.63 Å².